The summed E-state index contributed by atoms with van der Waals surface area (Å²) in [5.41, 5.74) is 0. The molecule has 5 heteroatoms. The van der Waals surface area contributed by atoms with Gasteiger partial charge in [-0.3, -0.25) is 9.59 Å². The lowest BCUT2D eigenvalue weighted by atomic mass is 10.4. The maximum Gasteiger partial charge on any atom is 0.240 e. The highest BCUT2D eigenvalue weighted by atomic mass is 79.9. The number of rotatable bonds is 2. The molecule has 3 nitrogen and oxygen atoms in total. The highest BCUT2D eigenvalue weighted by Crippen LogP contribution is 2.29. The molecule has 1 aromatic carbocycles. The van der Waals surface area contributed by atoms with Gasteiger partial charge in [-0.1, -0.05) is 15.9 Å². The van der Waals surface area contributed by atoms with Gasteiger partial charge in [0.05, 0.1) is 0 Å². The minimum absolute atomic E-state index is 0.104. The van der Waals surface area contributed by atoms with Crippen molar-refractivity contribution in [3.05, 3.63) is 28.7 Å². The Labute approximate surface area is 100 Å². The van der Waals surface area contributed by atoms with Crippen LogP contribution in [0, 0.1) is 0 Å². The Bertz CT molecular complexity index is 388. The van der Waals surface area contributed by atoms with Crippen molar-refractivity contribution in [2.24, 2.45) is 0 Å². The van der Waals surface area contributed by atoms with Crippen LogP contribution < -0.4 is 0 Å². The number of halogens is 1. The summed E-state index contributed by atoms with van der Waals surface area (Å²) >= 11 is 4.51. The lowest BCUT2D eigenvalue weighted by molar-refractivity contribution is -0.131. The van der Waals surface area contributed by atoms with Crippen molar-refractivity contribution in [2.45, 2.75) is 17.7 Å². The monoisotopic (exact) mass is 285 g/mol. The molecule has 2 amide bonds. The zero-order valence-corrected chi connectivity index (χ0v) is 10.2. The van der Waals surface area contributed by atoms with Gasteiger partial charge in [-0.2, -0.15) is 0 Å². The van der Waals surface area contributed by atoms with Crippen LogP contribution in [0.3, 0.4) is 0 Å². The third-order valence-corrected chi connectivity index (χ3v) is 3.62. The molecule has 1 aliphatic heterocycles. The van der Waals surface area contributed by atoms with Crippen LogP contribution in [0.5, 0.6) is 0 Å². The van der Waals surface area contributed by atoms with Gasteiger partial charge in [0.25, 0.3) is 0 Å². The quantitative estimate of drug-likeness (QED) is 0.619. The molecule has 1 fully saturated rings. The van der Waals surface area contributed by atoms with Gasteiger partial charge in [0.15, 0.2) is 0 Å². The van der Waals surface area contributed by atoms with E-state index < -0.39 is 0 Å². The van der Waals surface area contributed by atoms with Crippen LogP contribution in [-0.2, 0) is 9.59 Å². The molecule has 1 heterocycles. The van der Waals surface area contributed by atoms with E-state index in [1.54, 1.807) is 0 Å². The molecule has 0 bridgehead atoms. The van der Waals surface area contributed by atoms with E-state index in [2.05, 4.69) is 15.9 Å². The normalized spacial score (nSPS) is 16.2. The fraction of sp³-hybridized carbons (Fsp3) is 0.200. The first kappa shape index (κ1) is 10.7. The molecule has 0 radical (unpaired) electrons. The first-order valence-corrected chi connectivity index (χ1v) is 6.03. The summed E-state index contributed by atoms with van der Waals surface area (Å²) in [6.07, 6.45) is 0.671. The summed E-state index contributed by atoms with van der Waals surface area (Å²) in [4.78, 5) is 23.6. The predicted molar refractivity (Wildman–Crippen MR) is 61.1 cm³/mol. The summed E-state index contributed by atoms with van der Waals surface area (Å²) in [7, 11) is 0. The zero-order valence-electron chi connectivity index (χ0n) is 7.77. The molecule has 0 spiro atoms. The smallest absolute Gasteiger partial charge is 0.240 e. The van der Waals surface area contributed by atoms with E-state index in [4.69, 9.17) is 0 Å². The summed E-state index contributed by atoms with van der Waals surface area (Å²) < 4.78 is 2.22. The second-order valence-electron chi connectivity index (χ2n) is 3.13. The Morgan fingerprint density at radius 3 is 2.13 bits per heavy atom. The maximum atomic E-state index is 11.3. The average molecular weight is 286 g/mol. The highest BCUT2D eigenvalue weighted by Gasteiger charge is 2.29. The fourth-order valence-electron chi connectivity index (χ4n) is 1.26. The SMILES string of the molecule is O=C1CCC(=O)N1Sc1ccc(Br)cc1. The Balaban J connectivity index is 2.11. The summed E-state index contributed by atoms with van der Waals surface area (Å²) in [5.74, 6) is -0.208. The number of benzene rings is 1. The van der Waals surface area contributed by atoms with E-state index in [-0.39, 0.29) is 11.8 Å². The molecule has 0 saturated carbocycles. The van der Waals surface area contributed by atoms with Crippen molar-refractivity contribution < 1.29 is 9.59 Å². The van der Waals surface area contributed by atoms with E-state index in [9.17, 15) is 9.59 Å². The van der Waals surface area contributed by atoms with Crippen LogP contribution >= 0.6 is 27.9 Å². The number of carbonyl (C=O) groups is 2. The second-order valence-corrected chi connectivity index (χ2v) is 5.06. The molecule has 0 atom stereocenters. The largest absolute Gasteiger partial charge is 0.273 e. The molecular weight excluding hydrogens is 278 g/mol. The zero-order chi connectivity index (χ0) is 10.8. The van der Waals surface area contributed by atoms with Gasteiger partial charge in [0, 0.05) is 22.2 Å². The summed E-state index contributed by atoms with van der Waals surface area (Å²) in [5, 5.41) is 0. The van der Waals surface area contributed by atoms with Gasteiger partial charge in [0.1, 0.15) is 0 Å². The number of hydrogen-bond acceptors (Lipinski definition) is 3. The Morgan fingerprint density at radius 1 is 1.07 bits per heavy atom. The third-order valence-electron chi connectivity index (χ3n) is 2.02. The fourth-order valence-corrected chi connectivity index (χ4v) is 2.38. The molecule has 15 heavy (non-hydrogen) atoms. The standard InChI is InChI=1S/C10H8BrNO2S/c11-7-1-3-8(4-2-7)15-12-9(13)5-6-10(12)14/h1-4H,5-6H2. The topological polar surface area (TPSA) is 37.4 Å². The van der Waals surface area contributed by atoms with Gasteiger partial charge < -0.3 is 0 Å². The average Bonchev–Trinajstić information content (AvgIpc) is 2.53. The van der Waals surface area contributed by atoms with Crippen LogP contribution in [-0.4, -0.2) is 16.1 Å². The van der Waals surface area contributed by atoms with Crippen LogP contribution in [0.1, 0.15) is 12.8 Å². The molecule has 0 aliphatic carbocycles. The number of imide groups is 1. The van der Waals surface area contributed by atoms with E-state index in [0.29, 0.717) is 12.8 Å². The lowest BCUT2D eigenvalue weighted by Crippen LogP contribution is -2.20. The third kappa shape index (κ3) is 2.41. The van der Waals surface area contributed by atoms with E-state index >= 15 is 0 Å². The molecule has 2 rings (SSSR count). The van der Waals surface area contributed by atoms with Crippen molar-refractivity contribution in [3.8, 4) is 0 Å². The molecular formula is C10H8BrNO2S. The van der Waals surface area contributed by atoms with Crippen LogP contribution in [0.2, 0.25) is 0 Å². The molecule has 1 aromatic rings. The number of hydrogen-bond donors (Lipinski definition) is 0. The van der Waals surface area contributed by atoms with Gasteiger partial charge in [-0.25, -0.2) is 4.31 Å². The molecule has 0 aromatic heterocycles. The number of amides is 2. The van der Waals surface area contributed by atoms with Crippen molar-refractivity contribution >= 4 is 39.7 Å². The van der Waals surface area contributed by atoms with E-state index in [1.807, 2.05) is 24.3 Å². The van der Waals surface area contributed by atoms with E-state index in [1.165, 1.54) is 16.3 Å². The van der Waals surface area contributed by atoms with Crippen LogP contribution in [0.15, 0.2) is 33.6 Å². The lowest BCUT2D eigenvalue weighted by Gasteiger charge is -2.11. The summed E-state index contributed by atoms with van der Waals surface area (Å²) in [6.45, 7) is 0. The minimum atomic E-state index is -0.104. The van der Waals surface area contributed by atoms with Gasteiger partial charge in [-0.05, 0) is 36.2 Å². The van der Waals surface area contributed by atoms with E-state index in [0.717, 1.165) is 9.37 Å². The van der Waals surface area contributed by atoms with Crippen LogP contribution in [0.4, 0.5) is 0 Å². The first-order chi connectivity index (χ1) is 7.16. The Morgan fingerprint density at radius 2 is 1.60 bits per heavy atom. The number of nitrogens with zero attached hydrogens (tertiary/aromatic N) is 1. The second kappa shape index (κ2) is 4.37. The van der Waals surface area contributed by atoms with Crippen molar-refractivity contribution in [1.29, 1.82) is 0 Å². The minimum Gasteiger partial charge on any atom is -0.273 e. The number of carbonyl (C=O) groups excluding carboxylic acids is 2. The Hall–Kier alpha value is -0.810. The molecule has 1 saturated heterocycles. The first-order valence-electron chi connectivity index (χ1n) is 4.46. The van der Waals surface area contributed by atoms with Crippen LogP contribution in [0.25, 0.3) is 0 Å². The maximum absolute atomic E-state index is 11.3. The van der Waals surface area contributed by atoms with Crippen molar-refractivity contribution in [2.75, 3.05) is 0 Å². The summed E-state index contributed by atoms with van der Waals surface area (Å²) in [6, 6.07) is 7.50. The van der Waals surface area contributed by atoms with Gasteiger partial charge >= 0.3 is 0 Å². The Kier molecular flexibility index (Phi) is 3.11. The molecule has 0 N–H and O–H groups in total. The molecule has 1 aliphatic rings. The molecule has 0 unspecified atom stereocenters. The van der Waals surface area contributed by atoms with Crippen molar-refractivity contribution in [3.63, 3.8) is 0 Å². The highest BCUT2D eigenvalue weighted by molar-refractivity contribution is 9.10. The van der Waals surface area contributed by atoms with Gasteiger partial charge in [0.2, 0.25) is 11.8 Å². The van der Waals surface area contributed by atoms with Crippen molar-refractivity contribution in [1.82, 2.24) is 4.31 Å². The van der Waals surface area contributed by atoms with Gasteiger partial charge in [-0.15, -0.1) is 0 Å². The molecule has 78 valence electrons. The predicted octanol–water partition coefficient (Wildman–Crippen LogP) is 2.61.